The first kappa shape index (κ1) is 17.5. The van der Waals surface area contributed by atoms with Gasteiger partial charge in [-0.3, -0.25) is 4.98 Å². The molecule has 4 nitrogen and oxygen atoms in total. The predicted octanol–water partition coefficient (Wildman–Crippen LogP) is 4.48. The minimum atomic E-state index is -0.366. The molecular formula is C23H23BN2O2. The standard InChI is InChI=1S/C23H23BN2O2/c1-22(2)23(3,4)28-24(27-22)16-11-12-21-19(14-16)18-9-5-6-10-20(18)26(21)17-8-7-13-25-15-17/h5-15H,1-4H3. The summed E-state index contributed by atoms with van der Waals surface area (Å²) in [5.41, 5.74) is 3.70. The van der Waals surface area contributed by atoms with Crippen molar-refractivity contribution in [2.75, 3.05) is 0 Å². The van der Waals surface area contributed by atoms with Crippen LogP contribution < -0.4 is 5.46 Å². The lowest BCUT2D eigenvalue weighted by Crippen LogP contribution is -2.41. The van der Waals surface area contributed by atoms with Gasteiger partial charge in [-0.05, 0) is 57.4 Å². The van der Waals surface area contributed by atoms with Gasteiger partial charge in [0.15, 0.2) is 0 Å². The summed E-state index contributed by atoms with van der Waals surface area (Å²) < 4.78 is 14.8. The average Bonchev–Trinajstić information content (AvgIpc) is 3.12. The van der Waals surface area contributed by atoms with Crippen LogP contribution in [0.3, 0.4) is 0 Å². The monoisotopic (exact) mass is 370 g/mol. The number of aromatic nitrogens is 2. The fraction of sp³-hybridized carbons (Fsp3) is 0.261. The summed E-state index contributed by atoms with van der Waals surface area (Å²) in [6.07, 6.45) is 3.70. The largest absolute Gasteiger partial charge is 0.494 e. The van der Waals surface area contributed by atoms with Gasteiger partial charge in [0.05, 0.1) is 34.1 Å². The fourth-order valence-electron chi connectivity index (χ4n) is 3.88. The predicted molar refractivity (Wildman–Crippen MR) is 114 cm³/mol. The van der Waals surface area contributed by atoms with E-state index in [1.807, 2.05) is 12.3 Å². The van der Waals surface area contributed by atoms with Crippen molar-refractivity contribution in [1.82, 2.24) is 9.55 Å². The molecule has 3 heterocycles. The van der Waals surface area contributed by atoms with Crippen molar-refractivity contribution in [1.29, 1.82) is 0 Å². The van der Waals surface area contributed by atoms with E-state index in [1.165, 1.54) is 10.8 Å². The first-order valence-corrected chi connectivity index (χ1v) is 9.66. The summed E-state index contributed by atoms with van der Waals surface area (Å²) in [4.78, 5) is 4.31. The third kappa shape index (κ3) is 2.50. The van der Waals surface area contributed by atoms with Crippen LogP contribution >= 0.6 is 0 Å². The van der Waals surface area contributed by atoms with Crippen LogP contribution in [-0.2, 0) is 9.31 Å². The van der Waals surface area contributed by atoms with Crippen LogP contribution in [0.2, 0.25) is 0 Å². The molecule has 1 saturated heterocycles. The summed E-state index contributed by atoms with van der Waals surface area (Å²) >= 11 is 0. The average molecular weight is 370 g/mol. The molecule has 4 aromatic rings. The van der Waals surface area contributed by atoms with E-state index in [4.69, 9.17) is 9.31 Å². The number of nitrogens with zero attached hydrogens (tertiary/aromatic N) is 2. The molecule has 5 rings (SSSR count). The maximum absolute atomic E-state index is 6.26. The van der Waals surface area contributed by atoms with Crippen molar-refractivity contribution in [2.24, 2.45) is 0 Å². The number of fused-ring (bicyclic) bond motifs is 3. The van der Waals surface area contributed by atoms with Gasteiger partial charge in [0.1, 0.15) is 0 Å². The van der Waals surface area contributed by atoms with Crippen molar-refractivity contribution in [2.45, 2.75) is 38.9 Å². The second-order valence-corrected chi connectivity index (χ2v) is 8.43. The summed E-state index contributed by atoms with van der Waals surface area (Å²) in [6.45, 7) is 8.33. The molecule has 2 aromatic heterocycles. The van der Waals surface area contributed by atoms with E-state index in [1.54, 1.807) is 6.20 Å². The Bertz CT molecular complexity index is 1170. The molecule has 0 spiro atoms. The van der Waals surface area contributed by atoms with Crippen LogP contribution in [0.15, 0.2) is 67.0 Å². The van der Waals surface area contributed by atoms with Gasteiger partial charge in [-0.2, -0.15) is 0 Å². The number of benzene rings is 2. The lowest BCUT2D eigenvalue weighted by Gasteiger charge is -2.32. The Kier molecular flexibility index (Phi) is 3.70. The Hall–Kier alpha value is -2.63. The highest BCUT2D eigenvalue weighted by Gasteiger charge is 2.51. The topological polar surface area (TPSA) is 36.3 Å². The van der Waals surface area contributed by atoms with E-state index >= 15 is 0 Å². The highest BCUT2D eigenvalue weighted by molar-refractivity contribution is 6.62. The second-order valence-electron chi connectivity index (χ2n) is 8.43. The highest BCUT2D eigenvalue weighted by Crippen LogP contribution is 2.37. The van der Waals surface area contributed by atoms with Crippen LogP contribution in [0.5, 0.6) is 0 Å². The van der Waals surface area contributed by atoms with Crippen molar-refractivity contribution < 1.29 is 9.31 Å². The molecule has 1 fully saturated rings. The van der Waals surface area contributed by atoms with Crippen LogP contribution in [0.4, 0.5) is 0 Å². The van der Waals surface area contributed by atoms with E-state index in [-0.39, 0.29) is 18.3 Å². The third-order valence-electron chi connectivity index (χ3n) is 6.13. The molecule has 0 unspecified atom stereocenters. The lowest BCUT2D eigenvalue weighted by molar-refractivity contribution is 0.00578. The first-order chi connectivity index (χ1) is 13.4. The molecule has 0 saturated carbocycles. The highest BCUT2D eigenvalue weighted by atomic mass is 16.7. The number of hydrogen-bond donors (Lipinski definition) is 0. The van der Waals surface area contributed by atoms with Crippen molar-refractivity contribution >= 4 is 34.4 Å². The smallest absolute Gasteiger partial charge is 0.399 e. The Labute approximate surface area is 165 Å². The van der Waals surface area contributed by atoms with Crippen LogP contribution in [-0.4, -0.2) is 27.9 Å². The lowest BCUT2D eigenvalue weighted by atomic mass is 9.78. The number of para-hydroxylation sites is 1. The van der Waals surface area contributed by atoms with Crippen LogP contribution in [0.25, 0.3) is 27.5 Å². The summed E-state index contributed by atoms with van der Waals surface area (Å²) in [7, 11) is -0.366. The molecule has 1 aliphatic heterocycles. The Morgan fingerprint density at radius 2 is 1.54 bits per heavy atom. The van der Waals surface area contributed by atoms with Crippen molar-refractivity contribution in [3.8, 4) is 5.69 Å². The van der Waals surface area contributed by atoms with Gasteiger partial charge in [-0.15, -0.1) is 0 Å². The molecule has 0 bridgehead atoms. The Morgan fingerprint density at radius 1 is 0.821 bits per heavy atom. The van der Waals surface area contributed by atoms with E-state index < -0.39 is 0 Å². The van der Waals surface area contributed by atoms with Crippen molar-refractivity contribution in [3.05, 3.63) is 67.0 Å². The normalized spacial score (nSPS) is 18.2. The molecule has 0 atom stereocenters. The van der Waals surface area contributed by atoms with Gasteiger partial charge < -0.3 is 13.9 Å². The van der Waals surface area contributed by atoms with Gasteiger partial charge in [0.2, 0.25) is 0 Å². The zero-order chi connectivity index (χ0) is 19.5. The molecule has 0 radical (unpaired) electrons. The first-order valence-electron chi connectivity index (χ1n) is 9.66. The summed E-state index contributed by atoms with van der Waals surface area (Å²) in [5, 5.41) is 2.39. The molecule has 0 N–H and O–H groups in total. The van der Waals surface area contributed by atoms with Crippen LogP contribution in [0, 0.1) is 0 Å². The van der Waals surface area contributed by atoms with E-state index in [0.717, 1.165) is 22.2 Å². The van der Waals surface area contributed by atoms with Gasteiger partial charge in [-0.1, -0.05) is 30.3 Å². The number of rotatable bonds is 2. The SMILES string of the molecule is CC1(C)OB(c2ccc3c(c2)c2ccccc2n3-c2cccnc2)OC1(C)C. The quantitative estimate of drug-likeness (QED) is 0.488. The third-order valence-corrected chi connectivity index (χ3v) is 6.13. The molecule has 0 amide bonds. The second kappa shape index (κ2) is 5.93. The molecule has 28 heavy (non-hydrogen) atoms. The molecule has 2 aromatic carbocycles. The minimum Gasteiger partial charge on any atom is -0.399 e. The summed E-state index contributed by atoms with van der Waals surface area (Å²) in [5.74, 6) is 0. The Balaban J connectivity index is 1.71. The van der Waals surface area contributed by atoms with Gasteiger partial charge in [-0.25, -0.2) is 0 Å². The zero-order valence-corrected chi connectivity index (χ0v) is 16.6. The molecule has 0 aliphatic carbocycles. The minimum absolute atomic E-state index is 0.351. The van der Waals surface area contributed by atoms with Gasteiger partial charge >= 0.3 is 7.12 Å². The number of hydrogen-bond acceptors (Lipinski definition) is 3. The van der Waals surface area contributed by atoms with E-state index in [0.29, 0.717) is 0 Å². The van der Waals surface area contributed by atoms with E-state index in [2.05, 4.69) is 85.8 Å². The van der Waals surface area contributed by atoms with Gasteiger partial charge in [0, 0.05) is 17.0 Å². The van der Waals surface area contributed by atoms with E-state index in [9.17, 15) is 0 Å². The number of pyridine rings is 1. The Morgan fingerprint density at radius 3 is 2.25 bits per heavy atom. The fourth-order valence-corrected chi connectivity index (χ4v) is 3.88. The maximum atomic E-state index is 6.26. The molecule has 140 valence electrons. The van der Waals surface area contributed by atoms with Gasteiger partial charge in [0.25, 0.3) is 0 Å². The maximum Gasteiger partial charge on any atom is 0.494 e. The molecular weight excluding hydrogens is 347 g/mol. The van der Waals surface area contributed by atoms with Crippen LogP contribution in [0.1, 0.15) is 27.7 Å². The van der Waals surface area contributed by atoms with Crippen molar-refractivity contribution in [3.63, 3.8) is 0 Å². The molecule has 5 heteroatoms. The zero-order valence-electron chi connectivity index (χ0n) is 16.6. The molecule has 1 aliphatic rings. The summed E-state index contributed by atoms with van der Waals surface area (Å²) in [6, 6.07) is 19.0.